The van der Waals surface area contributed by atoms with E-state index in [1.807, 2.05) is 6.92 Å². The molecule has 0 radical (unpaired) electrons. The summed E-state index contributed by atoms with van der Waals surface area (Å²) in [7, 11) is -3.87. The van der Waals surface area contributed by atoms with E-state index >= 15 is 0 Å². The molecule has 0 spiro atoms. The number of sulfonamides is 1. The number of alkyl halides is 3. The van der Waals surface area contributed by atoms with Gasteiger partial charge >= 0.3 is 6.18 Å². The molecule has 2 atom stereocenters. The van der Waals surface area contributed by atoms with E-state index in [4.69, 9.17) is 0 Å². The van der Waals surface area contributed by atoms with Gasteiger partial charge in [-0.3, -0.25) is 4.79 Å². The summed E-state index contributed by atoms with van der Waals surface area (Å²) < 4.78 is 64.1. The maximum Gasteiger partial charge on any atom is 0.405 e. The number of halogens is 3. The predicted octanol–water partition coefficient (Wildman–Crippen LogP) is 1.25. The zero-order chi connectivity index (χ0) is 18.7. The monoisotopic (exact) mass is 379 g/mol. The number of nitrogens with one attached hydrogen (secondary N) is 3. The number of hydrogen-bond donors (Lipinski definition) is 3. The first-order valence-corrected chi connectivity index (χ1v) is 9.25. The predicted molar refractivity (Wildman–Crippen MR) is 85.6 cm³/mol. The molecule has 1 aromatic rings. The molecule has 10 heteroatoms. The summed E-state index contributed by atoms with van der Waals surface area (Å²) in [5, 5.41) is 4.88. The molecule has 140 valence electrons. The highest BCUT2D eigenvalue weighted by Crippen LogP contribution is 2.17. The first kappa shape index (κ1) is 19.7. The fourth-order valence-corrected chi connectivity index (χ4v) is 3.97. The van der Waals surface area contributed by atoms with Crippen LogP contribution in [0.15, 0.2) is 29.2 Å². The van der Waals surface area contributed by atoms with Crippen LogP contribution in [0.1, 0.15) is 23.7 Å². The number of benzene rings is 1. The van der Waals surface area contributed by atoms with Crippen LogP contribution in [0.3, 0.4) is 0 Å². The minimum absolute atomic E-state index is 0.0989. The third-order valence-corrected chi connectivity index (χ3v) is 5.44. The van der Waals surface area contributed by atoms with Crippen molar-refractivity contribution in [3.63, 3.8) is 0 Å². The minimum atomic E-state index is -4.54. The second kappa shape index (κ2) is 7.71. The molecule has 0 aliphatic carbocycles. The number of carbonyl (C=O) groups is 1. The first-order chi connectivity index (χ1) is 11.6. The van der Waals surface area contributed by atoms with E-state index in [0.29, 0.717) is 19.5 Å². The molecular weight excluding hydrogens is 359 g/mol. The van der Waals surface area contributed by atoms with E-state index in [2.05, 4.69) is 10.0 Å². The van der Waals surface area contributed by atoms with Crippen molar-refractivity contribution in [1.29, 1.82) is 0 Å². The standard InChI is InChI=1S/C15H20F3N3O3S/c1-10-8-19-6-5-13(10)21-25(23,24)12-4-2-3-11(7-12)14(22)20-9-15(16,17)18/h2-4,7,10,13,19,21H,5-6,8-9H2,1H3,(H,20,22). The summed E-state index contributed by atoms with van der Waals surface area (Å²) in [6.07, 6.45) is -3.90. The molecule has 1 amide bonds. The van der Waals surface area contributed by atoms with Crippen LogP contribution >= 0.6 is 0 Å². The molecule has 2 rings (SSSR count). The Morgan fingerprint density at radius 3 is 2.72 bits per heavy atom. The molecule has 1 aromatic carbocycles. The molecule has 2 unspecified atom stereocenters. The van der Waals surface area contributed by atoms with Crippen LogP contribution in [-0.4, -0.2) is 46.2 Å². The van der Waals surface area contributed by atoms with Gasteiger partial charge < -0.3 is 10.6 Å². The van der Waals surface area contributed by atoms with Crippen LogP contribution in [0.2, 0.25) is 0 Å². The number of carbonyl (C=O) groups excluding carboxylic acids is 1. The molecule has 1 fully saturated rings. The van der Waals surface area contributed by atoms with Crippen LogP contribution in [0.25, 0.3) is 0 Å². The summed E-state index contributed by atoms with van der Waals surface area (Å²) in [6.45, 7) is 1.82. The van der Waals surface area contributed by atoms with E-state index in [1.165, 1.54) is 18.2 Å². The number of amides is 1. The van der Waals surface area contributed by atoms with E-state index in [0.717, 1.165) is 6.07 Å². The Labute approximate surface area is 144 Å². The van der Waals surface area contributed by atoms with Gasteiger partial charge in [-0.2, -0.15) is 13.2 Å². The first-order valence-electron chi connectivity index (χ1n) is 7.76. The van der Waals surface area contributed by atoms with Crippen molar-refractivity contribution >= 4 is 15.9 Å². The van der Waals surface area contributed by atoms with E-state index in [-0.39, 0.29) is 22.4 Å². The summed E-state index contributed by atoms with van der Waals surface area (Å²) in [6, 6.07) is 4.71. The Morgan fingerprint density at radius 1 is 1.36 bits per heavy atom. The van der Waals surface area contributed by atoms with Crippen molar-refractivity contribution in [3.05, 3.63) is 29.8 Å². The largest absolute Gasteiger partial charge is 0.405 e. The third kappa shape index (κ3) is 5.68. The summed E-state index contributed by atoms with van der Waals surface area (Å²) in [4.78, 5) is 11.6. The lowest BCUT2D eigenvalue weighted by Crippen LogP contribution is -2.48. The van der Waals surface area contributed by atoms with Crippen molar-refractivity contribution in [1.82, 2.24) is 15.4 Å². The van der Waals surface area contributed by atoms with Crippen LogP contribution in [0.4, 0.5) is 13.2 Å². The molecule has 1 saturated heterocycles. The lowest BCUT2D eigenvalue weighted by Gasteiger charge is -2.30. The van der Waals surface area contributed by atoms with Gasteiger partial charge in [0, 0.05) is 11.6 Å². The smallest absolute Gasteiger partial charge is 0.343 e. The van der Waals surface area contributed by atoms with Gasteiger partial charge in [-0.05, 0) is 43.6 Å². The molecular formula is C15H20F3N3O3S. The topological polar surface area (TPSA) is 87.3 Å². The van der Waals surface area contributed by atoms with E-state index < -0.39 is 28.7 Å². The minimum Gasteiger partial charge on any atom is -0.343 e. The average molecular weight is 379 g/mol. The number of piperidine rings is 1. The van der Waals surface area contributed by atoms with Gasteiger partial charge in [0.25, 0.3) is 5.91 Å². The molecule has 0 aromatic heterocycles. The van der Waals surface area contributed by atoms with Gasteiger partial charge in [0.05, 0.1) is 4.90 Å². The fourth-order valence-electron chi connectivity index (χ4n) is 2.54. The highest BCUT2D eigenvalue weighted by atomic mass is 32.2. The number of hydrogen-bond acceptors (Lipinski definition) is 4. The van der Waals surface area contributed by atoms with E-state index in [1.54, 1.807) is 5.32 Å². The summed E-state index contributed by atoms with van der Waals surface area (Å²) >= 11 is 0. The van der Waals surface area contributed by atoms with Gasteiger partial charge in [0.2, 0.25) is 10.0 Å². The average Bonchev–Trinajstić information content (AvgIpc) is 2.54. The van der Waals surface area contributed by atoms with Gasteiger partial charge in [-0.15, -0.1) is 0 Å². The van der Waals surface area contributed by atoms with Crippen LogP contribution in [0.5, 0.6) is 0 Å². The lowest BCUT2D eigenvalue weighted by molar-refractivity contribution is -0.123. The second-order valence-corrected chi connectivity index (χ2v) is 7.74. The Kier molecular flexibility index (Phi) is 6.07. The maximum atomic E-state index is 12.5. The quantitative estimate of drug-likeness (QED) is 0.719. The molecule has 1 aliphatic rings. The van der Waals surface area contributed by atoms with Crippen molar-refractivity contribution in [3.8, 4) is 0 Å². The van der Waals surface area contributed by atoms with Crippen molar-refractivity contribution in [2.45, 2.75) is 30.5 Å². The van der Waals surface area contributed by atoms with Gasteiger partial charge in [0.1, 0.15) is 6.54 Å². The Balaban J connectivity index is 2.12. The summed E-state index contributed by atoms with van der Waals surface area (Å²) in [5.41, 5.74) is -0.148. The summed E-state index contributed by atoms with van der Waals surface area (Å²) in [5.74, 6) is -0.883. The normalized spacial score (nSPS) is 21.8. The second-order valence-electron chi connectivity index (χ2n) is 6.02. The molecule has 25 heavy (non-hydrogen) atoms. The lowest BCUT2D eigenvalue weighted by atomic mass is 9.97. The van der Waals surface area contributed by atoms with Crippen LogP contribution in [0, 0.1) is 5.92 Å². The van der Waals surface area contributed by atoms with Crippen LogP contribution in [-0.2, 0) is 10.0 Å². The van der Waals surface area contributed by atoms with Crippen molar-refractivity contribution < 1.29 is 26.4 Å². The zero-order valence-electron chi connectivity index (χ0n) is 13.6. The Hall–Kier alpha value is -1.65. The highest BCUT2D eigenvalue weighted by molar-refractivity contribution is 7.89. The molecule has 3 N–H and O–H groups in total. The molecule has 1 aliphatic heterocycles. The Morgan fingerprint density at radius 2 is 2.08 bits per heavy atom. The SMILES string of the molecule is CC1CNCCC1NS(=O)(=O)c1cccc(C(=O)NCC(F)(F)F)c1. The zero-order valence-corrected chi connectivity index (χ0v) is 14.4. The maximum absolute atomic E-state index is 12.5. The van der Waals surface area contributed by atoms with Crippen molar-refractivity contribution in [2.75, 3.05) is 19.6 Å². The van der Waals surface area contributed by atoms with Gasteiger partial charge in [-0.25, -0.2) is 13.1 Å². The molecule has 0 bridgehead atoms. The molecule has 1 heterocycles. The highest BCUT2D eigenvalue weighted by Gasteiger charge is 2.29. The van der Waals surface area contributed by atoms with E-state index in [9.17, 15) is 26.4 Å². The Bertz CT molecular complexity index is 722. The van der Waals surface area contributed by atoms with Crippen LogP contribution < -0.4 is 15.4 Å². The van der Waals surface area contributed by atoms with Gasteiger partial charge in [0.15, 0.2) is 0 Å². The molecule has 0 saturated carbocycles. The number of rotatable bonds is 5. The van der Waals surface area contributed by atoms with Gasteiger partial charge in [-0.1, -0.05) is 13.0 Å². The molecule has 6 nitrogen and oxygen atoms in total. The fraction of sp³-hybridized carbons (Fsp3) is 0.533. The van der Waals surface area contributed by atoms with Crippen molar-refractivity contribution in [2.24, 2.45) is 5.92 Å². The third-order valence-electron chi connectivity index (χ3n) is 3.95.